The first-order chi connectivity index (χ1) is 11.1. The summed E-state index contributed by atoms with van der Waals surface area (Å²) >= 11 is 0. The van der Waals surface area contributed by atoms with Crippen molar-refractivity contribution in [1.29, 1.82) is 0 Å². The van der Waals surface area contributed by atoms with Crippen LogP contribution in [0.2, 0.25) is 0 Å². The van der Waals surface area contributed by atoms with Crippen molar-refractivity contribution in [2.24, 2.45) is 5.92 Å². The Morgan fingerprint density at radius 1 is 1.43 bits per heavy atom. The third kappa shape index (κ3) is 3.56. The maximum absolute atomic E-state index is 10.9. The van der Waals surface area contributed by atoms with Gasteiger partial charge in [0.1, 0.15) is 17.8 Å². The highest BCUT2D eigenvalue weighted by atomic mass is 16.6. The summed E-state index contributed by atoms with van der Waals surface area (Å²) in [5.41, 5.74) is 0.719. The number of rotatable bonds is 5. The molecule has 1 saturated heterocycles. The monoisotopic (exact) mass is 313 g/mol. The van der Waals surface area contributed by atoms with Gasteiger partial charge in [-0.1, -0.05) is 6.07 Å². The van der Waals surface area contributed by atoms with E-state index in [1.807, 2.05) is 18.2 Å². The van der Waals surface area contributed by atoms with E-state index in [2.05, 4.69) is 20.2 Å². The summed E-state index contributed by atoms with van der Waals surface area (Å²) in [6, 6.07) is 7.60. The Morgan fingerprint density at radius 3 is 3.00 bits per heavy atom. The van der Waals surface area contributed by atoms with Crippen LogP contribution in [0.4, 0.5) is 17.3 Å². The maximum Gasteiger partial charge on any atom is 0.290 e. The van der Waals surface area contributed by atoms with Crippen LogP contribution >= 0.6 is 0 Å². The van der Waals surface area contributed by atoms with Crippen LogP contribution in [0.5, 0.6) is 0 Å². The zero-order valence-electron chi connectivity index (χ0n) is 13.0. The second kappa shape index (κ2) is 6.60. The molecule has 1 fully saturated rings. The molecule has 1 aliphatic heterocycles. The third-order valence-corrected chi connectivity index (χ3v) is 4.11. The van der Waals surface area contributed by atoms with Crippen molar-refractivity contribution in [1.82, 2.24) is 9.97 Å². The molecule has 3 rings (SSSR count). The normalized spacial score (nSPS) is 17.3. The molecule has 0 spiro atoms. The average Bonchev–Trinajstić information content (AvgIpc) is 3.02. The fraction of sp³-hybridized carbons (Fsp3) is 0.375. The van der Waals surface area contributed by atoms with Gasteiger partial charge in [-0.15, -0.1) is 0 Å². The van der Waals surface area contributed by atoms with Crippen LogP contribution in [0.3, 0.4) is 0 Å². The molecule has 1 N–H and O–H groups in total. The van der Waals surface area contributed by atoms with Crippen molar-refractivity contribution >= 4 is 17.3 Å². The van der Waals surface area contributed by atoms with Crippen molar-refractivity contribution in [3.05, 3.63) is 52.3 Å². The van der Waals surface area contributed by atoms with E-state index < -0.39 is 4.92 Å². The lowest BCUT2D eigenvalue weighted by Gasteiger charge is -2.18. The number of anilines is 2. The minimum atomic E-state index is -0.393. The van der Waals surface area contributed by atoms with Crippen molar-refractivity contribution in [3.8, 4) is 0 Å². The zero-order valence-corrected chi connectivity index (χ0v) is 13.0. The van der Waals surface area contributed by atoms with Gasteiger partial charge in [0.05, 0.1) is 4.92 Å². The molecule has 0 amide bonds. The topological polar surface area (TPSA) is 84.2 Å². The van der Waals surface area contributed by atoms with Crippen LogP contribution in [0.1, 0.15) is 12.0 Å². The van der Waals surface area contributed by atoms with Crippen LogP contribution in [-0.4, -0.2) is 34.5 Å². The number of nitro groups is 1. The molecule has 23 heavy (non-hydrogen) atoms. The van der Waals surface area contributed by atoms with Crippen molar-refractivity contribution < 1.29 is 4.92 Å². The molecule has 0 aliphatic carbocycles. The van der Waals surface area contributed by atoms with E-state index in [9.17, 15) is 10.1 Å². The fourth-order valence-corrected chi connectivity index (χ4v) is 2.82. The van der Waals surface area contributed by atoms with Crippen molar-refractivity contribution in [3.63, 3.8) is 0 Å². The maximum atomic E-state index is 10.9. The molecule has 120 valence electrons. The summed E-state index contributed by atoms with van der Waals surface area (Å²) in [5.74, 6) is 2.21. The summed E-state index contributed by atoms with van der Waals surface area (Å²) in [6.45, 7) is 4.42. The lowest BCUT2D eigenvalue weighted by Crippen LogP contribution is -2.23. The summed E-state index contributed by atoms with van der Waals surface area (Å²) in [7, 11) is 0. The van der Waals surface area contributed by atoms with Gasteiger partial charge in [0.25, 0.3) is 5.69 Å². The highest BCUT2D eigenvalue weighted by Gasteiger charge is 2.24. The minimum Gasteiger partial charge on any atom is -0.370 e. The summed E-state index contributed by atoms with van der Waals surface area (Å²) < 4.78 is 0. The van der Waals surface area contributed by atoms with Gasteiger partial charge < -0.3 is 10.2 Å². The van der Waals surface area contributed by atoms with E-state index in [0.717, 1.165) is 37.7 Å². The number of nitrogens with one attached hydrogen (secondary N) is 1. The van der Waals surface area contributed by atoms with Crippen LogP contribution < -0.4 is 10.2 Å². The molecule has 1 aliphatic rings. The first-order valence-corrected chi connectivity index (χ1v) is 7.64. The standard InChI is InChI=1S/C16H19N5O2/c1-12-8-16(19-10-14(12)21(22)23)20-7-5-13(11-20)9-18-15-4-2-3-6-17-15/h2-4,6,8,10,13H,5,7,9,11H2,1H3,(H,17,18). The Hall–Kier alpha value is -2.70. The van der Waals surface area contributed by atoms with E-state index in [0.29, 0.717) is 11.5 Å². The van der Waals surface area contributed by atoms with Gasteiger partial charge in [-0.2, -0.15) is 0 Å². The van der Waals surface area contributed by atoms with Gasteiger partial charge >= 0.3 is 0 Å². The number of hydrogen-bond acceptors (Lipinski definition) is 6. The van der Waals surface area contributed by atoms with Gasteiger partial charge in [0.2, 0.25) is 0 Å². The van der Waals surface area contributed by atoms with Gasteiger partial charge in [-0.25, -0.2) is 9.97 Å². The fourth-order valence-electron chi connectivity index (χ4n) is 2.82. The molecule has 2 aromatic rings. The van der Waals surface area contributed by atoms with E-state index in [1.165, 1.54) is 6.20 Å². The molecule has 0 saturated carbocycles. The Labute approximate surface area is 134 Å². The SMILES string of the molecule is Cc1cc(N2CCC(CNc3ccccn3)C2)ncc1[N+](=O)[O-]. The molecule has 1 atom stereocenters. The molecular weight excluding hydrogens is 294 g/mol. The Balaban J connectivity index is 1.59. The van der Waals surface area contributed by atoms with Gasteiger partial charge in [-0.3, -0.25) is 10.1 Å². The van der Waals surface area contributed by atoms with E-state index in [4.69, 9.17) is 0 Å². The highest BCUT2D eigenvalue weighted by Crippen LogP contribution is 2.26. The first-order valence-electron chi connectivity index (χ1n) is 7.64. The molecule has 1 unspecified atom stereocenters. The molecule has 0 aromatic carbocycles. The van der Waals surface area contributed by atoms with Crippen LogP contribution in [0.25, 0.3) is 0 Å². The Bertz CT molecular complexity index is 692. The first kappa shape index (κ1) is 15.2. The molecular formula is C16H19N5O2. The summed E-state index contributed by atoms with van der Waals surface area (Å²) in [6.07, 6.45) is 4.19. The lowest BCUT2D eigenvalue weighted by atomic mass is 10.1. The van der Waals surface area contributed by atoms with Crippen molar-refractivity contribution in [2.45, 2.75) is 13.3 Å². The van der Waals surface area contributed by atoms with Crippen molar-refractivity contribution in [2.75, 3.05) is 29.9 Å². The zero-order chi connectivity index (χ0) is 16.2. The number of aryl methyl sites for hydroxylation is 1. The largest absolute Gasteiger partial charge is 0.370 e. The molecule has 0 radical (unpaired) electrons. The lowest BCUT2D eigenvalue weighted by molar-refractivity contribution is -0.385. The molecule has 7 heteroatoms. The van der Waals surface area contributed by atoms with E-state index in [-0.39, 0.29) is 5.69 Å². The Kier molecular flexibility index (Phi) is 4.36. The quantitative estimate of drug-likeness (QED) is 0.675. The molecule has 7 nitrogen and oxygen atoms in total. The smallest absolute Gasteiger partial charge is 0.290 e. The van der Waals surface area contributed by atoms with Gasteiger partial charge in [0.15, 0.2) is 0 Å². The highest BCUT2D eigenvalue weighted by molar-refractivity contribution is 5.49. The second-order valence-electron chi connectivity index (χ2n) is 5.78. The number of nitrogens with zero attached hydrogens (tertiary/aromatic N) is 4. The predicted molar refractivity (Wildman–Crippen MR) is 88.7 cm³/mol. The third-order valence-electron chi connectivity index (χ3n) is 4.11. The number of aromatic nitrogens is 2. The number of hydrogen-bond donors (Lipinski definition) is 1. The molecule has 2 aromatic heterocycles. The molecule has 3 heterocycles. The Morgan fingerprint density at radius 2 is 2.30 bits per heavy atom. The summed E-state index contributed by atoms with van der Waals surface area (Å²) in [4.78, 5) is 21.2. The predicted octanol–water partition coefficient (Wildman–Crippen LogP) is 2.63. The van der Waals surface area contributed by atoms with E-state index >= 15 is 0 Å². The molecule has 0 bridgehead atoms. The minimum absolute atomic E-state index is 0.0707. The average molecular weight is 313 g/mol. The van der Waals surface area contributed by atoms with Gasteiger partial charge in [-0.05, 0) is 37.5 Å². The van der Waals surface area contributed by atoms with Crippen LogP contribution in [0, 0.1) is 23.0 Å². The van der Waals surface area contributed by atoms with Crippen LogP contribution in [0.15, 0.2) is 36.7 Å². The van der Waals surface area contributed by atoms with Gasteiger partial charge in [0, 0.05) is 31.4 Å². The summed E-state index contributed by atoms with van der Waals surface area (Å²) in [5, 5.41) is 14.2. The van der Waals surface area contributed by atoms with E-state index in [1.54, 1.807) is 19.2 Å². The van der Waals surface area contributed by atoms with Crippen LogP contribution in [-0.2, 0) is 0 Å². The second-order valence-corrected chi connectivity index (χ2v) is 5.78. The number of pyridine rings is 2.